The summed E-state index contributed by atoms with van der Waals surface area (Å²) in [5, 5.41) is 39.6. The van der Waals surface area contributed by atoms with Crippen LogP contribution in [0.3, 0.4) is 0 Å². The van der Waals surface area contributed by atoms with E-state index >= 15 is 0 Å². The van der Waals surface area contributed by atoms with Crippen LogP contribution in [0.15, 0.2) is 94.3 Å². The number of primary amides is 1. The molecule has 3 aromatic heterocycles. The number of carbonyl (C=O) groups excluding carboxylic acids is 8. The van der Waals surface area contributed by atoms with Crippen LogP contribution in [-0.2, 0) is 62.4 Å². The van der Waals surface area contributed by atoms with Gasteiger partial charge in [0.25, 0.3) is 0 Å². The Labute approximate surface area is 492 Å². The number of rotatable bonds is 21. The van der Waals surface area contributed by atoms with Crippen molar-refractivity contribution in [1.29, 1.82) is 0 Å². The average molecular weight is 1220 g/mol. The standard InChI is InChI=1S/C52H69N19O12S2/c53-42(75)37-24-84-85-25-38(70-49(82)39(13-7-17-60-51(56)57)71-40(72)23-62-52(71)83)48(81)65-33(14-15-41(73)74)44(77)68-36(20-29-22-58-26-63-29)47(80)66-34(18-27-8-2-1-3-9-27)45(78)64-32(12-6-16-59-50(54)55)43(76)67-35(46(79)69-37)19-28-21-61-31-11-5-4-10-30(28)31/h1-5,8-11,21-23,26,32-39,61,72H,6-7,12-20,24-25H2,(H2,53,75)(H,58,63)(H,62,83)(H,64,78)(H,65,81)(H,66,80)(H,67,76)(H,68,77)(H,69,79)(H,70,82)(H,73,74)(H4,54,55,59)(H4,56,57,60)/t32-,33-,34+,35-,36-,37-,38-,39+/m0/s1. The number of H-pyrrole nitrogens is 3. The number of aromatic nitrogens is 5. The first-order valence-electron chi connectivity index (χ1n) is 26.7. The normalized spacial score (nSPS) is 20.9. The molecular weight excluding hydrogens is 1150 g/mol. The number of nitrogens with zero attached hydrogens (tertiary/aromatic N) is 4. The third kappa shape index (κ3) is 19.8. The Morgan fingerprint density at radius 1 is 0.659 bits per heavy atom. The van der Waals surface area contributed by atoms with Gasteiger partial charge in [0.1, 0.15) is 48.3 Å². The molecule has 2 aromatic carbocycles. The van der Waals surface area contributed by atoms with Crippen molar-refractivity contribution in [1.82, 2.24) is 61.7 Å². The van der Waals surface area contributed by atoms with E-state index < -0.39 is 126 Å². The molecule has 456 valence electrons. The quantitative estimate of drug-likeness (QED) is 0.0147. The van der Waals surface area contributed by atoms with Crippen LogP contribution in [-0.4, -0.2) is 167 Å². The summed E-state index contributed by atoms with van der Waals surface area (Å²) in [6.45, 7) is -0.00165. The molecule has 0 radical (unpaired) electrons. The molecule has 0 saturated carbocycles. The van der Waals surface area contributed by atoms with Crippen LogP contribution in [0.2, 0.25) is 0 Å². The van der Waals surface area contributed by atoms with Crippen LogP contribution in [0, 0.1) is 0 Å². The molecule has 0 spiro atoms. The van der Waals surface area contributed by atoms with Gasteiger partial charge in [-0.25, -0.2) is 9.78 Å². The molecule has 4 heterocycles. The molecule has 33 heteroatoms. The Hall–Kier alpha value is -9.53. The number of aliphatic imine (C=N–C) groups is 2. The molecule has 0 unspecified atom stereocenters. The number of benzene rings is 2. The van der Waals surface area contributed by atoms with E-state index in [0.29, 0.717) is 27.7 Å². The number of hydrogen-bond donors (Lipinski definition) is 17. The van der Waals surface area contributed by atoms with E-state index in [4.69, 9.17) is 28.7 Å². The van der Waals surface area contributed by atoms with Crippen molar-refractivity contribution in [2.75, 3.05) is 24.6 Å². The number of aromatic hydroxyl groups is 1. The Morgan fingerprint density at radius 3 is 1.86 bits per heavy atom. The first-order chi connectivity index (χ1) is 40.7. The molecule has 22 N–H and O–H groups in total. The number of aromatic amines is 3. The molecule has 1 aliphatic rings. The van der Waals surface area contributed by atoms with E-state index in [9.17, 15) is 58.2 Å². The maximum absolute atomic E-state index is 14.8. The fourth-order valence-electron chi connectivity index (χ4n) is 8.98. The molecule has 0 bridgehead atoms. The summed E-state index contributed by atoms with van der Waals surface area (Å²) in [5.41, 5.74) is 29.3. The van der Waals surface area contributed by atoms with Gasteiger partial charge in [0.2, 0.25) is 53.1 Å². The maximum Gasteiger partial charge on any atom is 0.329 e. The van der Waals surface area contributed by atoms with Crippen LogP contribution < -0.4 is 71.6 Å². The van der Waals surface area contributed by atoms with Crippen LogP contribution >= 0.6 is 21.6 Å². The Kier molecular flexibility index (Phi) is 24.2. The van der Waals surface area contributed by atoms with Gasteiger partial charge in [0.05, 0.1) is 12.5 Å². The highest BCUT2D eigenvalue weighted by Crippen LogP contribution is 2.26. The predicted molar refractivity (Wildman–Crippen MR) is 315 cm³/mol. The summed E-state index contributed by atoms with van der Waals surface area (Å²) in [6, 6.07) is 3.33. The molecule has 8 atom stereocenters. The zero-order valence-electron chi connectivity index (χ0n) is 45.8. The topological polar surface area (TPSA) is 515 Å². The fourth-order valence-corrected chi connectivity index (χ4v) is 11.3. The lowest BCUT2D eigenvalue weighted by Crippen LogP contribution is -2.61. The Bertz CT molecular complexity index is 3250. The van der Waals surface area contributed by atoms with E-state index in [1.807, 2.05) is 0 Å². The highest BCUT2D eigenvalue weighted by molar-refractivity contribution is 8.76. The Morgan fingerprint density at radius 2 is 1.24 bits per heavy atom. The molecule has 5 aromatic rings. The van der Waals surface area contributed by atoms with Crippen molar-refractivity contribution in [3.63, 3.8) is 0 Å². The largest absolute Gasteiger partial charge is 0.493 e. The molecule has 1 aliphatic heterocycles. The number of nitrogens with one attached hydrogen (secondary N) is 10. The second kappa shape index (κ2) is 31.8. The summed E-state index contributed by atoms with van der Waals surface area (Å²) in [5.74, 6) is -10.9. The van der Waals surface area contributed by atoms with E-state index in [0.717, 1.165) is 32.4 Å². The number of carboxylic acid groups (broad SMARTS) is 1. The van der Waals surface area contributed by atoms with Gasteiger partial charge in [0.15, 0.2) is 11.9 Å². The average Bonchev–Trinajstić information content (AvgIpc) is 3.65. The first kappa shape index (κ1) is 64.6. The van der Waals surface area contributed by atoms with Gasteiger partial charge in [-0.2, -0.15) is 0 Å². The summed E-state index contributed by atoms with van der Waals surface area (Å²) >= 11 is 0. The zero-order chi connectivity index (χ0) is 61.6. The van der Waals surface area contributed by atoms with Gasteiger partial charge in [-0.05, 0) is 49.3 Å². The van der Waals surface area contributed by atoms with Crippen molar-refractivity contribution in [3.05, 3.63) is 107 Å². The number of imidazole rings is 2. The number of fused-ring (bicyclic) bond motifs is 1. The highest BCUT2D eigenvalue weighted by atomic mass is 33.1. The van der Waals surface area contributed by atoms with Crippen molar-refractivity contribution < 1.29 is 53.4 Å². The van der Waals surface area contributed by atoms with Crippen molar-refractivity contribution in [2.45, 2.75) is 106 Å². The van der Waals surface area contributed by atoms with Crippen molar-refractivity contribution >= 4 is 97.6 Å². The molecular formula is C52H69N19O12S2. The molecule has 1 saturated heterocycles. The summed E-state index contributed by atoms with van der Waals surface area (Å²) < 4.78 is 0.731. The minimum Gasteiger partial charge on any atom is -0.493 e. The van der Waals surface area contributed by atoms with Crippen molar-refractivity contribution in [2.24, 2.45) is 38.7 Å². The van der Waals surface area contributed by atoms with Gasteiger partial charge in [0, 0.05) is 79.3 Å². The van der Waals surface area contributed by atoms with Gasteiger partial charge in [-0.1, -0.05) is 70.1 Å². The highest BCUT2D eigenvalue weighted by Gasteiger charge is 2.36. The van der Waals surface area contributed by atoms with Crippen molar-refractivity contribution in [3.8, 4) is 5.88 Å². The van der Waals surface area contributed by atoms with Gasteiger partial charge in [-0.3, -0.25) is 57.7 Å². The Balaban J connectivity index is 1.43. The minimum atomic E-state index is -1.74. The lowest BCUT2D eigenvalue weighted by atomic mass is 10.0. The molecule has 85 heavy (non-hydrogen) atoms. The van der Waals surface area contributed by atoms with Crippen LogP contribution in [0.5, 0.6) is 5.88 Å². The predicted octanol–water partition coefficient (Wildman–Crippen LogP) is -3.40. The first-order valence-corrected chi connectivity index (χ1v) is 29.2. The monoisotopic (exact) mass is 1220 g/mol. The smallest absolute Gasteiger partial charge is 0.329 e. The van der Waals surface area contributed by atoms with Gasteiger partial charge < -0.3 is 91.1 Å². The van der Waals surface area contributed by atoms with Crippen LogP contribution in [0.25, 0.3) is 10.9 Å². The van der Waals surface area contributed by atoms with E-state index in [1.165, 1.54) is 12.5 Å². The lowest BCUT2D eigenvalue weighted by molar-refractivity contribution is -0.138. The molecule has 1 fully saturated rings. The van der Waals surface area contributed by atoms with Gasteiger partial charge in [-0.15, -0.1) is 0 Å². The summed E-state index contributed by atoms with van der Waals surface area (Å²) in [6.07, 6.45) is 3.24. The minimum absolute atomic E-state index is 0.0131. The SMILES string of the molecule is NC(=O)[C@@H]1CSSC[C@H](NC(=O)[C@@H](CCCN=C(N)N)n2c(O)c[nH]c2=O)C(=O)N[C@@H](CCC(=O)O)C(=O)N[C@@H](Cc2cnc[nH]2)C(=O)N[C@H](Cc2ccccc2)C(=O)N[C@@H](CCCN=C(N)N)C(=O)N[C@@H](Cc2c[nH]c3ccccc23)C(=O)N1. The van der Waals surface area contributed by atoms with E-state index in [1.54, 1.807) is 60.8 Å². The molecule has 8 amide bonds. The number of aliphatic carboxylic acids is 1. The number of hydrogen-bond acceptors (Lipinski definition) is 16. The van der Waals surface area contributed by atoms with Crippen LogP contribution in [0.4, 0.5) is 0 Å². The second-order valence-corrected chi connectivity index (χ2v) is 22.2. The number of carboxylic acids is 1. The lowest BCUT2D eigenvalue weighted by Gasteiger charge is -2.28. The number of para-hydroxylation sites is 1. The number of nitrogens with two attached hydrogens (primary N) is 5. The second-order valence-electron chi connectivity index (χ2n) is 19.6. The van der Waals surface area contributed by atoms with Gasteiger partial charge >= 0.3 is 11.7 Å². The number of carbonyl (C=O) groups is 9. The molecule has 31 nitrogen and oxygen atoms in total. The maximum atomic E-state index is 14.8. The summed E-state index contributed by atoms with van der Waals surface area (Å²) in [7, 11) is 1.79. The van der Waals surface area contributed by atoms with Crippen LogP contribution in [0.1, 0.15) is 61.4 Å². The fraction of sp³-hybridized carbons (Fsp3) is 0.404. The summed E-state index contributed by atoms with van der Waals surface area (Å²) in [4.78, 5) is 161. The van der Waals surface area contributed by atoms with E-state index in [-0.39, 0.29) is 81.5 Å². The van der Waals surface area contributed by atoms with E-state index in [2.05, 4.69) is 67.1 Å². The zero-order valence-corrected chi connectivity index (χ0v) is 47.4. The third-order valence-corrected chi connectivity index (χ3v) is 15.7. The number of amides is 8. The third-order valence-electron chi connectivity index (χ3n) is 13.3. The number of guanidine groups is 2. The molecule has 6 rings (SSSR count). The molecule has 0 aliphatic carbocycles.